The second kappa shape index (κ2) is 9.78. The number of methoxy groups -OCH3 is 1. The number of aromatic nitrogens is 1. The van der Waals surface area contributed by atoms with Crippen LogP contribution in [-0.2, 0) is 25.8 Å². The molecule has 7 heteroatoms. The largest absolute Gasteiger partial charge is 0.496 e. The molecule has 3 rings (SSSR count). The number of thiazole rings is 1. The van der Waals surface area contributed by atoms with E-state index in [9.17, 15) is 0 Å². The molecule has 0 saturated carbocycles. The van der Waals surface area contributed by atoms with Crippen LogP contribution in [0, 0.1) is 0 Å². The number of aryl methyl sites for hydroxylation is 1. The Morgan fingerprint density at radius 2 is 2.21 bits per heavy atom. The molecule has 1 aliphatic rings. The van der Waals surface area contributed by atoms with Crippen LogP contribution in [-0.4, -0.2) is 37.2 Å². The predicted molar refractivity (Wildman–Crippen MR) is 115 cm³/mol. The van der Waals surface area contributed by atoms with E-state index in [4.69, 9.17) is 14.5 Å². The molecule has 0 amide bonds. The number of hydrogen-bond donors (Lipinski definition) is 2. The summed E-state index contributed by atoms with van der Waals surface area (Å²) in [6.45, 7) is 8.45. The summed E-state index contributed by atoms with van der Waals surface area (Å²) >= 11 is 1.78. The first-order valence-corrected chi connectivity index (χ1v) is 10.8. The van der Waals surface area contributed by atoms with Crippen LogP contribution in [0.4, 0.5) is 0 Å². The van der Waals surface area contributed by atoms with Crippen LogP contribution < -0.4 is 20.1 Å². The molecular formula is C21H30N4O2S. The van der Waals surface area contributed by atoms with Gasteiger partial charge in [-0.2, -0.15) is 0 Å². The Morgan fingerprint density at radius 1 is 1.36 bits per heavy atom. The van der Waals surface area contributed by atoms with Crippen LogP contribution in [0.3, 0.4) is 0 Å². The van der Waals surface area contributed by atoms with Crippen molar-refractivity contribution in [3.8, 4) is 11.5 Å². The van der Waals surface area contributed by atoms with E-state index in [-0.39, 0.29) is 6.10 Å². The van der Waals surface area contributed by atoms with Crippen molar-refractivity contribution in [1.82, 2.24) is 15.6 Å². The summed E-state index contributed by atoms with van der Waals surface area (Å²) in [7, 11) is 1.70. The quantitative estimate of drug-likeness (QED) is 0.524. The number of ether oxygens (including phenoxy) is 2. The maximum Gasteiger partial charge on any atom is 0.191 e. The minimum absolute atomic E-state index is 0.219. The molecule has 1 unspecified atom stereocenters. The van der Waals surface area contributed by atoms with Gasteiger partial charge in [-0.25, -0.2) is 9.98 Å². The minimum Gasteiger partial charge on any atom is -0.496 e. The molecule has 28 heavy (non-hydrogen) atoms. The fourth-order valence-corrected chi connectivity index (χ4v) is 4.08. The van der Waals surface area contributed by atoms with Crippen LogP contribution in [0.15, 0.2) is 23.3 Å². The van der Waals surface area contributed by atoms with E-state index in [0.29, 0.717) is 6.54 Å². The molecule has 0 saturated heterocycles. The summed E-state index contributed by atoms with van der Waals surface area (Å²) in [5, 5.41) is 7.86. The van der Waals surface area contributed by atoms with Crippen molar-refractivity contribution in [1.29, 1.82) is 0 Å². The lowest BCUT2D eigenvalue weighted by atomic mass is 10.1. The number of nitrogens with one attached hydrogen (secondary N) is 2. The Hall–Kier alpha value is -2.28. The molecular weight excluding hydrogens is 372 g/mol. The summed E-state index contributed by atoms with van der Waals surface area (Å²) in [4.78, 5) is 10.5. The van der Waals surface area contributed by atoms with Crippen LogP contribution in [0.5, 0.6) is 11.5 Å². The lowest BCUT2D eigenvalue weighted by molar-refractivity contribution is 0.254. The Balaban J connectivity index is 1.63. The van der Waals surface area contributed by atoms with Gasteiger partial charge in [0.15, 0.2) is 5.96 Å². The third-order valence-corrected chi connectivity index (χ3v) is 5.83. The van der Waals surface area contributed by atoms with Gasteiger partial charge in [-0.15, -0.1) is 11.3 Å². The number of benzene rings is 1. The van der Waals surface area contributed by atoms with Crippen molar-refractivity contribution < 1.29 is 9.47 Å². The third kappa shape index (κ3) is 5.16. The van der Waals surface area contributed by atoms with E-state index in [1.165, 1.54) is 10.4 Å². The maximum absolute atomic E-state index is 5.89. The molecule has 1 aromatic carbocycles. The van der Waals surface area contributed by atoms with Crippen LogP contribution in [0.25, 0.3) is 0 Å². The van der Waals surface area contributed by atoms with E-state index in [1.807, 2.05) is 6.20 Å². The van der Waals surface area contributed by atoms with Crippen molar-refractivity contribution in [2.24, 2.45) is 4.99 Å². The summed E-state index contributed by atoms with van der Waals surface area (Å²) in [5.74, 6) is 2.62. The molecule has 6 nitrogen and oxygen atoms in total. The lowest BCUT2D eigenvalue weighted by Gasteiger charge is -2.13. The van der Waals surface area contributed by atoms with Gasteiger partial charge in [0.1, 0.15) is 17.6 Å². The van der Waals surface area contributed by atoms with Crippen LogP contribution >= 0.6 is 11.3 Å². The van der Waals surface area contributed by atoms with Crippen LogP contribution in [0.2, 0.25) is 0 Å². The van der Waals surface area contributed by atoms with Gasteiger partial charge in [0.25, 0.3) is 0 Å². The van der Waals surface area contributed by atoms with E-state index >= 15 is 0 Å². The SMILES string of the molecule is CCNC(=NCc1cc2c(cc1OC)CC(C)O2)NCCc1ncc(CC)s1. The molecule has 1 atom stereocenters. The first-order valence-electron chi connectivity index (χ1n) is 9.95. The average molecular weight is 403 g/mol. The van der Waals surface area contributed by atoms with Crippen molar-refractivity contribution in [3.05, 3.63) is 39.3 Å². The van der Waals surface area contributed by atoms with Gasteiger partial charge in [-0.3, -0.25) is 0 Å². The van der Waals surface area contributed by atoms with Gasteiger partial charge in [0, 0.05) is 48.1 Å². The Labute approximate surface area is 171 Å². The zero-order valence-electron chi connectivity index (χ0n) is 17.2. The van der Waals surface area contributed by atoms with E-state index in [2.05, 4.69) is 48.5 Å². The van der Waals surface area contributed by atoms with Crippen LogP contribution in [0.1, 0.15) is 41.8 Å². The molecule has 1 aliphatic heterocycles. The Kier molecular flexibility index (Phi) is 7.14. The second-order valence-corrected chi connectivity index (χ2v) is 8.05. The highest BCUT2D eigenvalue weighted by Gasteiger charge is 2.21. The Morgan fingerprint density at radius 3 is 2.93 bits per heavy atom. The molecule has 2 heterocycles. The average Bonchev–Trinajstić information content (AvgIpc) is 3.30. The van der Waals surface area contributed by atoms with Gasteiger partial charge in [-0.1, -0.05) is 6.92 Å². The zero-order valence-corrected chi connectivity index (χ0v) is 18.0. The third-order valence-electron chi connectivity index (χ3n) is 4.63. The maximum atomic E-state index is 5.89. The second-order valence-electron chi connectivity index (χ2n) is 6.85. The number of guanidine groups is 1. The fraction of sp³-hybridized carbons (Fsp3) is 0.524. The van der Waals surface area contributed by atoms with Gasteiger partial charge in [0.05, 0.1) is 18.7 Å². The molecule has 0 fully saturated rings. The summed E-state index contributed by atoms with van der Waals surface area (Å²) < 4.78 is 11.5. The monoisotopic (exact) mass is 402 g/mol. The molecule has 0 bridgehead atoms. The normalized spacial score (nSPS) is 15.9. The van der Waals surface area contributed by atoms with E-state index in [1.54, 1.807) is 18.4 Å². The molecule has 2 aromatic rings. The molecule has 0 spiro atoms. The first kappa shape index (κ1) is 20.5. The van der Waals surface area contributed by atoms with E-state index < -0.39 is 0 Å². The number of hydrogen-bond acceptors (Lipinski definition) is 5. The highest BCUT2D eigenvalue weighted by molar-refractivity contribution is 7.11. The van der Waals surface area contributed by atoms with E-state index in [0.717, 1.165) is 60.4 Å². The minimum atomic E-state index is 0.219. The Bertz CT molecular complexity index is 819. The summed E-state index contributed by atoms with van der Waals surface area (Å²) in [6.07, 6.45) is 5.05. The molecule has 2 N–H and O–H groups in total. The standard InChI is InChI=1S/C21H30N4O2S/c1-5-17-13-24-20(28-17)7-8-23-21(22-6-2)25-12-16-11-19-15(9-14(3)27-19)10-18(16)26-4/h10-11,13-14H,5-9,12H2,1-4H3,(H2,22,23,25). The van der Waals surface area contributed by atoms with Gasteiger partial charge in [-0.05, 0) is 32.4 Å². The number of rotatable bonds is 8. The summed E-state index contributed by atoms with van der Waals surface area (Å²) in [6, 6.07) is 4.14. The lowest BCUT2D eigenvalue weighted by Crippen LogP contribution is -2.38. The fourth-order valence-electron chi connectivity index (χ4n) is 3.22. The number of fused-ring (bicyclic) bond motifs is 1. The first-order chi connectivity index (χ1) is 13.6. The number of aliphatic imine (C=N–C) groups is 1. The molecule has 152 valence electrons. The zero-order chi connectivity index (χ0) is 19.9. The smallest absolute Gasteiger partial charge is 0.191 e. The predicted octanol–water partition coefficient (Wildman–Crippen LogP) is 3.34. The molecule has 0 radical (unpaired) electrons. The van der Waals surface area contributed by atoms with Gasteiger partial charge < -0.3 is 20.1 Å². The number of nitrogens with zero attached hydrogens (tertiary/aromatic N) is 2. The molecule has 0 aliphatic carbocycles. The van der Waals surface area contributed by atoms with Crippen molar-refractivity contribution >= 4 is 17.3 Å². The van der Waals surface area contributed by atoms with Crippen molar-refractivity contribution in [2.75, 3.05) is 20.2 Å². The highest BCUT2D eigenvalue weighted by Crippen LogP contribution is 2.35. The van der Waals surface area contributed by atoms with Gasteiger partial charge >= 0.3 is 0 Å². The van der Waals surface area contributed by atoms with Crippen molar-refractivity contribution in [3.63, 3.8) is 0 Å². The highest BCUT2D eigenvalue weighted by atomic mass is 32.1. The summed E-state index contributed by atoms with van der Waals surface area (Å²) in [5.41, 5.74) is 2.23. The topological polar surface area (TPSA) is 67.8 Å². The molecule has 1 aromatic heterocycles. The van der Waals surface area contributed by atoms with Crippen molar-refractivity contribution in [2.45, 2.75) is 52.7 Å². The van der Waals surface area contributed by atoms with Gasteiger partial charge in [0.2, 0.25) is 0 Å².